The Bertz CT molecular complexity index is 941. The molecule has 156 valence electrons. The van der Waals surface area contributed by atoms with Crippen LogP contribution < -0.4 is 9.64 Å². The summed E-state index contributed by atoms with van der Waals surface area (Å²) in [6.45, 7) is 2.75. The fourth-order valence-electron chi connectivity index (χ4n) is 3.88. The van der Waals surface area contributed by atoms with Crippen LogP contribution in [0.2, 0.25) is 0 Å². The Kier molecular flexibility index (Phi) is 6.59. The van der Waals surface area contributed by atoms with Gasteiger partial charge in [0.05, 0.1) is 13.7 Å². The van der Waals surface area contributed by atoms with E-state index >= 15 is 0 Å². The number of nitrogens with zero attached hydrogens (tertiary/aromatic N) is 4. The molecule has 1 saturated heterocycles. The summed E-state index contributed by atoms with van der Waals surface area (Å²) in [6.07, 6.45) is 5.14. The average Bonchev–Trinajstić information content (AvgIpc) is 3.32. The van der Waals surface area contributed by atoms with E-state index in [1.807, 2.05) is 41.3 Å². The van der Waals surface area contributed by atoms with Crippen LogP contribution in [0.5, 0.6) is 5.75 Å². The fraction of sp³-hybridized carbons (Fsp3) is 0.348. The molecule has 1 fully saturated rings. The zero-order chi connectivity index (χ0) is 20.8. The van der Waals surface area contributed by atoms with Gasteiger partial charge in [0.1, 0.15) is 5.75 Å². The lowest BCUT2D eigenvalue weighted by atomic mass is 9.95. The van der Waals surface area contributed by atoms with Gasteiger partial charge in [-0.2, -0.15) is 0 Å². The van der Waals surface area contributed by atoms with E-state index in [-0.39, 0.29) is 11.8 Å². The lowest BCUT2D eigenvalue weighted by molar-refractivity contribution is -0.137. The van der Waals surface area contributed by atoms with Crippen LogP contribution in [-0.2, 0) is 17.9 Å². The van der Waals surface area contributed by atoms with Crippen molar-refractivity contribution < 1.29 is 9.53 Å². The minimum Gasteiger partial charge on any atom is -0.496 e. The number of hydrogen-bond donors (Lipinski definition) is 0. The van der Waals surface area contributed by atoms with E-state index < -0.39 is 0 Å². The highest BCUT2D eigenvalue weighted by Gasteiger charge is 2.30. The molecular formula is C23H26N4O2S. The predicted octanol–water partition coefficient (Wildman–Crippen LogP) is 3.99. The first-order valence-corrected chi connectivity index (χ1v) is 11.1. The number of rotatable bonds is 7. The van der Waals surface area contributed by atoms with Crippen LogP contribution in [0, 0.1) is 5.92 Å². The molecule has 0 bridgehead atoms. The van der Waals surface area contributed by atoms with Gasteiger partial charge in [-0.05, 0) is 36.4 Å². The van der Waals surface area contributed by atoms with Crippen molar-refractivity contribution in [1.82, 2.24) is 14.9 Å². The number of benzene rings is 1. The molecule has 2 aromatic heterocycles. The Labute approximate surface area is 181 Å². The van der Waals surface area contributed by atoms with E-state index in [0.29, 0.717) is 13.1 Å². The molecule has 0 spiro atoms. The lowest BCUT2D eigenvalue weighted by Crippen LogP contribution is -2.42. The van der Waals surface area contributed by atoms with E-state index in [1.165, 1.54) is 4.88 Å². The lowest BCUT2D eigenvalue weighted by Gasteiger charge is -2.34. The number of carbonyl (C=O) groups is 1. The van der Waals surface area contributed by atoms with E-state index in [1.54, 1.807) is 30.8 Å². The number of carbonyl (C=O) groups excluding carboxylic acids is 1. The van der Waals surface area contributed by atoms with E-state index in [9.17, 15) is 4.79 Å². The molecule has 1 aliphatic heterocycles. The number of anilines is 1. The van der Waals surface area contributed by atoms with Crippen molar-refractivity contribution in [1.29, 1.82) is 0 Å². The maximum absolute atomic E-state index is 13.5. The summed E-state index contributed by atoms with van der Waals surface area (Å²) in [6, 6.07) is 13.9. The van der Waals surface area contributed by atoms with Gasteiger partial charge in [0.2, 0.25) is 11.9 Å². The minimum atomic E-state index is 0.0135. The van der Waals surface area contributed by atoms with Crippen LogP contribution in [0.25, 0.3) is 0 Å². The van der Waals surface area contributed by atoms with Gasteiger partial charge < -0.3 is 14.5 Å². The van der Waals surface area contributed by atoms with Gasteiger partial charge in [-0.15, -0.1) is 11.3 Å². The average molecular weight is 423 g/mol. The Hall–Kier alpha value is -2.93. The fourth-order valence-corrected chi connectivity index (χ4v) is 4.60. The number of ether oxygens (including phenoxy) is 1. The zero-order valence-corrected chi connectivity index (χ0v) is 17.9. The molecule has 0 atom stereocenters. The molecule has 6 nitrogen and oxygen atoms in total. The molecule has 1 aromatic carbocycles. The topological polar surface area (TPSA) is 58.6 Å². The van der Waals surface area contributed by atoms with Crippen LogP contribution in [0.15, 0.2) is 60.2 Å². The Balaban J connectivity index is 1.47. The van der Waals surface area contributed by atoms with Gasteiger partial charge >= 0.3 is 0 Å². The second-order valence-corrected chi connectivity index (χ2v) is 8.43. The molecule has 0 N–H and O–H groups in total. The van der Waals surface area contributed by atoms with Gasteiger partial charge in [0.15, 0.2) is 0 Å². The first kappa shape index (κ1) is 20.3. The van der Waals surface area contributed by atoms with Gasteiger partial charge in [-0.1, -0.05) is 24.3 Å². The third-order valence-electron chi connectivity index (χ3n) is 5.47. The molecule has 30 heavy (non-hydrogen) atoms. The second kappa shape index (κ2) is 9.71. The van der Waals surface area contributed by atoms with Crippen LogP contribution in [-0.4, -0.2) is 41.0 Å². The van der Waals surface area contributed by atoms with Crippen molar-refractivity contribution in [2.75, 3.05) is 25.1 Å². The highest BCUT2D eigenvalue weighted by Crippen LogP contribution is 2.27. The second-order valence-electron chi connectivity index (χ2n) is 7.40. The molecule has 3 heterocycles. The predicted molar refractivity (Wildman–Crippen MR) is 119 cm³/mol. The highest BCUT2D eigenvalue weighted by atomic mass is 32.1. The van der Waals surface area contributed by atoms with Gasteiger partial charge in [-0.25, -0.2) is 9.97 Å². The first-order valence-electron chi connectivity index (χ1n) is 10.2. The Morgan fingerprint density at radius 2 is 1.87 bits per heavy atom. The number of hydrogen-bond acceptors (Lipinski definition) is 6. The maximum atomic E-state index is 13.5. The van der Waals surface area contributed by atoms with Crippen molar-refractivity contribution in [3.05, 3.63) is 70.7 Å². The summed E-state index contributed by atoms with van der Waals surface area (Å²) >= 11 is 1.68. The molecule has 3 aromatic rings. The van der Waals surface area contributed by atoms with Crippen LogP contribution in [0.3, 0.4) is 0 Å². The van der Waals surface area contributed by atoms with E-state index in [0.717, 1.165) is 43.2 Å². The standard InChI is InChI=1S/C23H26N4O2S/c1-29-21-8-3-2-6-19(21)16-27(17-20-7-4-15-30-20)22(28)18-9-13-26(14-10-18)23-24-11-5-12-25-23/h2-8,11-12,15,18H,9-10,13-14,16-17H2,1H3. The van der Waals surface area contributed by atoms with Gasteiger partial charge in [-0.3, -0.25) is 4.79 Å². The third-order valence-corrected chi connectivity index (χ3v) is 6.33. The smallest absolute Gasteiger partial charge is 0.226 e. The van der Waals surface area contributed by atoms with Gasteiger partial charge in [0.25, 0.3) is 0 Å². The normalized spacial score (nSPS) is 14.5. The summed E-state index contributed by atoms with van der Waals surface area (Å²) in [4.78, 5) is 27.5. The summed E-state index contributed by atoms with van der Waals surface area (Å²) in [5, 5.41) is 2.05. The largest absolute Gasteiger partial charge is 0.496 e. The molecule has 1 amide bonds. The van der Waals surface area contributed by atoms with E-state index in [2.05, 4.69) is 26.3 Å². The van der Waals surface area contributed by atoms with Crippen molar-refractivity contribution in [3.8, 4) is 5.75 Å². The molecule has 0 unspecified atom stereocenters. The van der Waals surface area contributed by atoms with Crippen LogP contribution >= 0.6 is 11.3 Å². The van der Waals surface area contributed by atoms with E-state index in [4.69, 9.17) is 4.74 Å². The van der Waals surface area contributed by atoms with Crippen molar-refractivity contribution in [3.63, 3.8) is 0 Å². The quantitative estimate of drug-likeness (QED) is 0.576. The summed E-state index contributed by atoms with van der Waals surface area (Å²) < 4.78 is 5.51. The number of amides is 1. The van der Waals surface area contributed by atoms with Crippen LogP contribution in [0.1, 0.15) is 23.3 Å². The highest BCUT2D eigenvalue weighted by molar-refractivity contribution is 7.09. The monoisotopic (exact) mass is 422 g/mol. The number of thiophene rings is 1. The van der Waals surface area contributed by atoms with Crippen molar-refractivity contribution >= 4 is 23.2 Å². The molecule has 1 aliphatic rings. The molecule has 0 radical (unpaired) electrons. The summed E-state index contributed by atoms with van der Waals surface area (Å²) in [7, 11) is 1.67. The van der Waals surface area contributed by atoms with Crippen LogP contribution in [0.4, 0.5) is 5.95 Å². The van der Waals surface area contributed by atoms with Crippen molar-refractivity contribution in [2.24, 2.45) is 5.92 Å². The third kappa shape index (κ3) is 4.79. The first-order chi connectivity index (χ1) is 14.7. The van der Waals surface area contributed by atoms with Crippen molar-refractivity contribution in [2.45, 2.75) is 25.9 Å². The zero-order valence-electron chi connectivity index (χ0n) is 17.1. The molecule has 7 heteroatoms. The molecular weight excluding hydrogens is 396 g/mol. The maximum Gasteiger partial charge on any atom is 0.226 e. The summed E-state index contributed by atoms with van der Waals surface area (Å²) in [5.74, 6) is 1.79. The summed E-state index contributed by atoms with van der Waals surface area (Å²) in [5.41, 5.74) is 1.03. The Morgan fingerprint density at radius 1 is 1.10 bits per heavy atom. The SMILES string of the molecule is COc1ccccc1CN(Cc1cccs1)C(=O)C1CCN(c2ncccn2)CC1. The molecule has 0 saturated carbocycles. The number of piperidine rings is 1. The number of aromatic nitrogens is 2. The number of para-hydroxylation sites is 1. The Morgan fingerprint density at radius 3 is 2.57 bits per heavy atom. The minimum absolute atomic E-state index is 0.0135. The molecule has 4 rings (SSSR count). The number of methoxy groups -OCH3 is 1. The molecule has 0 aliphatic carbocycles. The van der Waals surface area contributed by atoms with Gasteiger partial charge in [0, 0.05) is 48.4 Å².